The molecule has 1 fully saturated rings. The Balaban J connectivity index is 1.71. The van der Waals surface area contributed by atoms with Crippen molar-refractivity contribution in [2.24, 2.45) is 5.92 Å². The van der Waals surface area contributed by atoms with Crippen LogP contribution in [0.3, 0.4) is 0 Å². The zero-order valence-corrected chi connectivity index (χ0v) is 11.0. The van der Waals surface area contributed by atoms with Gasteiger partial charge < -0.3 is 10.6 Å². The molecule has 2 rings (SSSR count). The van der Waals surface area contributed by atoms with Crippen LogP contribution in [0.25, 0.3) is 0 Å². The number of hydrogen-bond acceptors (Lipinski definition) is 4. The van der Waals surface area contributed by atoms with Crippen molar-refractivity contribution in [1.82, 2.24) is 15.6 Å². The van der Waals surface area contributed by atoms with Crippen LogP contribution in [-0.2, 0) is 0 Å². The summed E-state index contributed by atoms with van der Waals surface area (Å²) in [4.78, 5) is 16.6. The van der Waals surface area contributed by atoms with Crippen molar-refractivity contribution >= 4 is 17.2 Å². The minimum Gasteiger partial charge on any atom is -0.351 e. The first-order valence-corrected chi connectivity index (χ1v) is 7.04. The Labute approximate surface area is 106 Å². The Hall–Kier alpha value is -0.940. The summed E-state index contributed by atoms with van der Waals surface area (Å²) in [7, 11) is 0. The molecule has 1 amide bonds. The van der Waals surface area contributed by atoms with Gasteiger partial charge in [-0.2, -0.15) is 0 Å². The van der Waals surface area contributed by atoms with E-state index in [2.05, 4.69) is 15.6 Å². The number of aromatic nitrogens is 1. The summed E-state index contributed by atoms with van der Waals surface area (Å²) >= 11 is 1.41. The zero-order chi connectivity index (χ0) is 12.1. The highest BCUT2D eigenvalue weighted by Crippen LogP contribution is 2.14. The van der Waals surface area contributed by atoms with E-state index < -0.39 is 0 Å². The topological polar surface area (TPSA) is 54.0 Å². The summed E-state index contributed by atoms with van der Waals surface area (Å²) in [6.45, 7) is 4.87. The van der Waals surface area contributed by atoms with Crippen LogP contribution in [0.1, 0.15) is 34.6 Å². The van der Waals surface area contributed by atoms with Gasteiger partial charge in [-0.3, -0.25) is 4.79 Å². The lowest BCUT2D eigenvalue weighted by Gasteiger charge is -2.22. The molecule has 5 heteroatoms. The number of thiazole rings is 1. The number of rotatable bonds is 4. The third kappa shape index (κ3) is 3.51. The monoisotopic (exact) mass is 253 g/mol. The second-order valence-electron chi connectivity index (χ2n) is 4.52. The Kier molecular flexibility index (Phi) is 4.50. The second kappa shape index (κ2) is 6.12. The first-order chi connectivity index (χ1) is 8.27. The highest BCUT2D eigenvalue weighted by atomic mass is 32.1. The summed E-state index contributed by atoms with van der Waals surface area (Å²) < 4.78 is 0. The lowest BCUT2D eigenvalue weighted by atomic mass is 9.96. The molecule has 1 aliphatic heterocycles. The highest BCUT2D eigenvalue weighted by Gasteiger charge is 2.14. The van der Waals surface area contributed by atoms with Gasteiger partial charge in [0.05, 0.1) is 11.2 Å². The van der Waals surface area contributed by atoms with E-state index >= 15 is 0 Å². The number of carbonyl (C=O) groups is 1. The number of aryl methyl sites for hydroxylation is 1. The van der Waals surface area contributed by atoms with E-state index in [0.29, 0.717) is 5.92 Å². The number of amides is 1. The van der Waals surface area contributed by atoms with Crippen LogP contribution in [0.5, 0.6) is 0 Å². The summed E-state index contributed by atoms with van der Waals surface area (Å²) in [5.41, 5.74) is 2.54. The predicted molar refractivity (Wildman–Crippen MR) is 69.4 cm³/mol. The van der Waals surface area contributed by atoms with Crippen LogP contribution in [0, 0.1) is 12.8 Å². The van der Waals surface area contributed by atoms with Crippen LogP contribution in [0.15, 0.2) is 5.51 Å². The SMILES string of the molecule is Cc1ncsc1C(=O)NCCC1CCCNC1. The van der Waals surface area contributed by atoms with E-state index in [0.717, 1.165) is 36.6 Å². The Morgan fingerprint density at radius 2 is 2.59 bits per heavy atom. The van der Waals surface area contributed by atoms with Gasteiger partial charge in [-0.25, -0.2) is 4.98 Å². The molecule has 1 atom stereocenters. The van der Waals surface area contributed by atoms with Gasteiger partial charge in [0.15, 0.2) is 0 Å². The van der Waals surface area contributed by atoms with E-state index in [-0.39, 0.29) is 5.91 Å². The average molecular weight is 253 g/mol. The molecule has 94 valence electrons. The second-order valence-corrected chi connectivity index (χ2v) is 5.38. The third-order valence-electron chi connectivity index (χ3n) is 3.19. The standard InChI is InChI=1S/C12H19N3OS/c1-9-11(17-8-15-9)12(16)14-6-4-10-3-2-5-13-7-10/h8,10,13H,2-7H2,1H3,(H,14,16). The molecule has 1 saturated heterocycles. The van der Waals surface area contributed by atoms with Crippen molar-refractivity contribution in [3.05, 3.63) is 16.1 Å². The van der Waals surface area contributed by atoms with E-state index in [1.165, 1.54) is 24.2 Å². The number of hydrogen-bond donors (Lipinski definition) is 2. The van der Waals surface area contributed by atoms with Gasteiger partial charge in [0.1, 0.15) is 4.88 Å². The average Bonchev–Trinajstić information content (AvgIpc) is 2.77. The van der Waals surface area contributed by atoms with E-state index in [1.54, 1.807) is 5.51 Å². The van der Waals surface area contributed by atoms with Crippen molar-refractivity contribution in [3.63, 3.8) is 0 Å². The number of nitrogens with one attached hydrogen (secondary N) is 2. The summed E-state index contributed by atoms with van der Waals surface area (Å²) in [5, 5.41) is 6.37. The maximum Gasteiger partial charge on any atom is 0.263 e. The summed E-state index contributed by atoms with van der Waals surface area (Å²) in [6.07, 6.45) is 3.60. The van der Waals surface area contributed by atoms with Gasteiger partial charge in [-0.1, -0.05) is 0 Å². The fourth-order valence-electron chi connectivity index (χ4n) is 2.16. The van der Waals surface area contributed by atoms with Gasteiger partial charge in [0.2, 0.25) is 0 Å². The van der Waals surface area contributed by atoms with Crippen molar-refractivity contribution in [2.75, 3.05) is 19.6 Å². The smallest absolute Gasteiger partial charge is 0.263 e. The molecule has 0 radical (unpaired) electrons. The van der Waals surface area contributed by atoms with Crippen molar-refractivity contribution in [3.8, 4) is 0 Å². The van der Waals surface area contributed by atoms with Gasteiger partial charge in [-0.15, -0.1) is 11.3 Å². The maximum atomic E-state index is 11.8. The van der Waals surface area contributed by atoms with Crippen LogP contribution in [0.4, 0.5) is 0 Å². The minimum absolute atomic E-state index is 0.0220. The highest BCUT2D eigenvalue weighted by molar-refractivity contribution is 7.11. The molecule has 0 spiro atoms. The molecule has 0 aliphatic carbocycles. The molecule has 17 heavy (non-hydrogen) atoms. The van der Waals surface area contributed by atoms with Crippen molar-refractivity contribution < 1.29 is 4.79 Å². The molecule has 1 aromatic heterocycles. The van der Waals surface area contributed by atoms with Crippen LogP contribution >= 0.6 is 11.3 Å². The fourth-order valence-corrected chi connectivity index (χ4v) is 2.88. The largest absolute Gasteiger partial charge is 0.351 e. The molecule has 0 saturated carbocycles. The van der Waals surface area contributed by atoms with Crippen molar-refractivity contribution in [1.29, 1.82) is 0 Å². The first-order valence-electron chi connectivity index (χ1n) is 6.16. The molecule has 0 aromatic carbocycles. The molecule has 2 heterocycles. The lowest BCUT2D eigenvalue weighted by molar-refractivity contribution is 0.0954. The van der Waals surface area contributed by atoms with Gasteiger partial charge >= 0.3 is 0 Å². The van der Waals surface area contributed by atoms with E-state index in [1.807, 2.05) is 6.92 Å². The third-order valence-corrected chi connectivity index (χ3v) is 4.12. The Morgan fingerprint density at radius 3 is 3.24 bits per heavy atom. The maximum absolute atomic E-state index is 11.8. The van der Waals surface area contributed by atoms with Crippen LogP contribution in [0.2, 0.25) is 0 Å². The van der Waals surface area contributed by atoms with Crippen LogP contribution < -0.4 is 10.6 Å². The van der Waals surface area contributed by atoms with E-state index in [4.69, 9.17) is 0 Å². The summed E-state index contributed by atoms with van der Waals surface area (Å²) in [6, 6.07) is 0. The Bertz CT molecular complexity index is 372. The van der Waals surface area contributed by atoms with Gasteiger partial charge in [-0.05, 0) is 45.2 Å². The van der Waals surface area contributed by atoms with Crippen LogP contribution in [-0.4, -0.2) is 30.5 Å². The van der Waals surface area contributed by atoms with Gasteiger partial charge in [0.25, 0.3) is 5.91 Å². The normalized spacial score (nSPS) is 20.2. The Morgan fingerprint density at radius 1 is 1.71 bits per heavy atom. The molecule has 1 aromatic rings. The summed E-state index contributed by atoms with van der Waals surface area (Å²) in [5.74, 6) is 0.736. The first kappa shape index (κ1) is 12.5. The molecule has 0 bridgehead atoms. The molecule has 1 unspecified atom stereocenters. The van der Waals surface area contributed by atoms with Gasteiger partial charge in [0, 0.05) is 6.54 Å². The molecular weight excluding hydrogens is 234 g/mol. The number of carbonyl (C=O) groups excluding carboxylic acids is 1. The molecule has 2 N–H and O–H groups in total. The number of nitrogens with zero attached hydrogens (tertiary/aromatic N) is 1. The van der Waals surface area contributed by atoms with Crippen molar-refractivity contribution in [2.45, 2.75) is 26.2 Å². The zero-order valence-electron chi connectivity index (χ0n) is 10.2. The fraction of sp³-hybridized carbons (Fsp3) is 0.667. The molecule has 4 nitrogen and oxygen atoms in total. The quantitative estimate of drug-likeness (QED) is 0.856. The molecule has 1 aliphatic rings. The lowest BCUT2D eigenvalue weighted by Crippen LogP contribution is -2.33. The van der Waals surface area contributed by atoms with E-state index in [9.17, 15) is 4.79 Å². The predicted octanol–water partition coefficient (Wildman–Crippen LogP) is 1.57. The number of piperidine rings is 1. The minimum atomic E-state index is 0.0220. The molecular formula is C12H19N3OS.